The largest absolute Gasteiger partial charge is 0.497 e. The van der Waals surface area contributed by atoms with E-state index in [-0.39, 0.29) is 23.5 Å². The first-order valence-corrected chi connectivity index (χ1v) is 8.96. The lowest BCUT2D eigenvalue weighted by Gasteiger charge is -2.11. The molecule has 0 radical (unpaired) electrons. The Morgan fingerprint density at radius 1 is 1.16 bits per heavy atom. The molecule has 1 heterocycles. The maximum absolute atomic E-state index is 13.7. The summed E-state index contributed by atoms with van der Waals surface area (Å²) in [5.74, 6) is -0.182. The van der Waals surface area contributed by atoms with E-state index >= 15 is 0 Å². The van der Waals surface area contributed by atoms with Gasteiger partial charge in [-0.05, 0) is 42.5 Å². The van der Waals surface area contributed by atoms with Crippen molar-refractivity contribution in [3.8, 4) is 11.4 Å². The van der Waals surface area contributed by atoms with Crippen molar-refractivity contribution in [2.24, 2.45) is 0 Å². The number of methoxy groups -OCH3 is 1. The van der Waals surface area contributed by atoms with Gasteiger partial charge in [0.1, 0.15) is 11.6 Å². The molecular weight excluding hydrogens is 420 g/mol. The molecule has 0 aliphatic heterocycles. The lowest BCUT2D eigenvalue weighted by atomic mass is 10.2. The van der Waals surface area contributed by atoms with E-state index in [4.69, 9.17) is 9.84 Å². The predicted octanol–water partition coefficient (Wildman–Crippen LogP) is 3.85. The number of carbonyl (C=O) groups excluding carboxylic acids is 1. The number of benzene rings is 2. The Morgan fingerprint density at radius 3 is 2.45 bits per heavy atom. The van der Waals surface area contributed by atoms with Crippen LogP contribution in [0.25, 0.3) is 5.69 Å². The number of aliphatic hydroxyl groups excluding tert-OH is 1. The third-order valence-electron chi connectivity index (χ3n) is 4.30. The molecule has 164 valence electrons. The molecule has 3 N–H and O–H groups in total. The molecule has 0 aliphatic carbocycles. The summed E-state index contributed by atoms with van der Waals surface area (Å²) < 4.78 is 59.3. The molecule has 7 nitrogen and oxygen atoms in total. The van der Waals surface area contributed by atoms with Crippen LogP contribution in [0.3, 0.4) is 0 Å². The zero-order chi connectivity index (χ0) is 22.6. The number of aromatic nitrogens is 2. The number of carbonyl (C=O) groups is 1. The number of anilines is 1. The molecule has 0 bridgehead atoms. The van der Waals surface area contributed by atoms with Gasteiger partial charge in [0.2, 0.25) is 0 Å². The first kappa shape index (κ1) is 22.1. The number of amides is 2. The third kappa shape index (κ3) is 5.31. The van der Waals surface area contributed by atoms with E-state index in [1.807, 2.05) is 0 Å². The number of rotatable bonds is 6. The van der Waals surface area contributed by atoms with Crippen LogP contribution in [0.2, 0.25) is 0 Å². The molecule has 2 amide bonds. The molecule has 0 fully saturated rings. The van der Waals surface area contributed by atoms with E-state index in [1.54, 1.807) is 12.1 Å². The summed E-state index contributed by atoms with van der Waals surface area (Å²) in [6, 6.07) is 9.98. The second-order valence-electron chi connectivity index (χ2n) is 6.40. The zero-order valence-corrected chi connectivity index (χ0v) is 16.2. The molecule has 1 aromatic heterocycles. The summed E-state index contributed by atoms with van der Waals surface area (Å²) in [6.45, 7) is -0.770. The van der Waals surface area contributed by atoms with Gasteiger partial charge in [-0.1, -0.05) is 6.07 Å². The number of urea groups is 1. The van der Waals surface area contributed by atoms with Crippen molar-refractivity contribution in [3.05, 3.63) is 71.3 Å². The van der Waals surface area contributed by atoms with Crippen LogP contribution in [0.1, 0.15) is 17.0 Å². The van der Waals surface area contributed by atoms with E-state index in [9.17, 15) is 22.4 Å². The number of aliphatic hydroxyl groups is 1. The van der Waals surface area contributed by atoms with Crippen LogP contribution < -0.4 is 15.4 Å². The standard InChI is InChI=1S/C20H18F4N4O3/c1-31-16-6-4-14(5-7-16)28-15(9-18(27-28)20(22,23)24)10-25-19(30)26-13-3-2-12(11-29)17(21)8-13/h2-9,29H,10-11H2,1H3,(H2,25,26,30). The minimum atomic E-state index is -4.67. The molecule has 0 saturated heterocycles. The van der Waals surface area contributed by atoms with Gasteiger partial charge < -0.3 is 20.5 Å². The monoisotopic (exact) mass is 438 g/mol. The number of nitrogens with one attached hydrogen (secondary N) is 2. The highest BCUT2D eigenvalue weighted by Gasteiger charge is 2.35. The Bertz CT molecular complexity index is 1070. The Labute approximate surface area is 174 Å². The summed E-state index contributed by atoms with van der Waals surface area (Å²) in [5, 5.41) is 17.4. The van der Waals surface area contributed by atoms with Gasteiger partial charge in [-0.2, -0.15) is 18.3 Å². The maximum atomic E-state index is 13.7. The summed E-state index contributed by atoms with van der Waals surface area (Å²) in [7, 11) is 1.46. The minimum absolute atomic E-state index is 0.0639. The quantitative estimate of drug-likeness (QED) is 0.510. The van der Waals surface area contributed by atoms with Crippen LogP contribution in [0, 0.1) is 5.82 Å². The molecule has 0 spiro atoms. The first-order valence-electron chi connectivity index (χ1n) is 8.96. The molecule has 2 aromatic carbocycles. The smallest absolute Gasteiger partial charge is 0.435 e. The number of halogens is 4. The summed E-state index contributed by atoms with van der Waals surface area (Å²) in [5.41, 5.74) is -0.507. The molecule has 31 heavy (non-hydrogen) atoms. The molecule has 0 unspecified atom stereocenters. The molecule has 3 rings (SSSR count). The van der Waals surface area contributed by atoms with Crippen LogP contribution in [-0.4, -0.2) is 28.0 Å². The van der Waals surface area contributed by atoms with Gasteiger partial charge in [0, 0.05) is 11.3 Å². The van der Waals surface area contributed by atoms with Crippen molar-refractivity contribution in [2.45, 2.75) is 19.3 Å². The van der Waals surface area contributed by atoms with Crippen LogP contribution >= 0.6 is 0 Å². The van der Waals surface area contributed by atoms with Crippen molar-refractivity contribution in [2.75, 3.05) is 12.4 Å². The normalized spacial score (nSPS) is 11.3. The summed E-state index contributed by atoms with van der Waals surface area (Å²) in [4.78, 5) is 12.1. The van der Waals surface area contributed by atoms with Gasteiger partial charge in [0.15, 0.2) is 5.69 Å². The average molecular weight is 438 g/mol. The van der Waals surface area contributed by atoms with Crippen LogP contribution in [-0.2, 0) is 19.3 Å². The third-order valence-corrected chi connectivity index (χ3v) is 4.30. The highest BCUT2D eigenvalue weighted by molar-refractivity contribution is 5.89. The summed E-state index contributed by atoms with van der Waals surface area (Å²) >= 11 is 0. The molecular formula is C20H18F4N4O3. The number of hydrogen-bond acceptors (Lipinski definition) is 4. The van der Waals surface area contributed by atoms with Crippen molar-refractivity contribution in [1.29, 1.82) is 0 Å². The molecule has 0 aliphatic rings. The molecule has 3 aromatic rings. The SMILES string of the molecule is COc1ccc(-n2nc(C(F)(F)F)cc2CNC(=O)Nc2ccc(CO)c(F)c2)cc1. The second kappa shape index (κ2) is 9.04. The van der Waals surface area contributed by atoms with Crippen LogP contribution in [0.4, 0.5) is 28.0 Å². The van der Waals surface area contributed by atoms with Crippen LogP contribution in [0.5, 0.6) is 5.75 Å². The Kier molecular flexibility index (Phi) is 6.44. The van der Waals surface area contributed by atoms with Crippen LogP contribution in [0.15, 0.2) is 48.5 Å². The fourth-order valence-electron chi connectivity index (χ4n) is 2.73. The van der Waals surface area contributed by atoms with Crippen molar-refractivity contribution < 1.29 is 32.2 Å². The highest BCUT2D eigenvalue weighted by Crippen LogP contribution is 2.30. The molecule has 0 saturated carbocycles. The molecule has 0 atom stereocenters. The zero-order valence-electron chi connectivity index (χ0n) is 16.2. The Morgan fingerprint density at radius 2 is 1.87 bits per heavy atom. The maximum Gasteiger partial charge on any atom is 0.435 e. The fourth-order valence-corrected chi connectivity index (χ4v) is 2.73. The minimum Gasteiger partial charge on any atom is -0.497 e. The van der Waals surface area contributed by atoms with Gasteiger partial charge in [-0.3, -0.25) is 0 Å². The van der Waals surface area contributed by atoms with E-state index in [1.165, 1.54) is 31.4 Å². The van der Waals surface area contributed by atoms with E-state index < -0.39 is 30.3 Å². The first-order chi connectivity index (χ1) is 14.7. The lowest BCUT2D eigenvalue weighted by molar-refractivity contribution is -0.141. The lowest BCUT2D eigenvalue weighted by Crippen LogP contribution is -2.29. The van der Waals surface area contributed by atoms with E-state index in [0.717, 1.165) is 16.8 Å². The van der Waals surface area contributed by atoms with Gasteiger partial charge in [-0.25, -0.2) is 13.9 Å². The van der Waals surface area contributed by atoms with E-state index in [0.29, 0.717) is 11.4 Å². The number of hydrogen-bond donors (Lipinski definition) is 3. The van der Waals surface area contributed by atoms with Crippen molar-refractivity contribution in [3.63, 3.8) is 0 Å². The van der Waals surface area contributed by atoms with Gasteiger partial charge in [0.05, 0.1) is 31.6 Å². The molecule has 11 heteroatoms. The fraction of sp³-hybridized carbons (Fsp3) is 0.200. The number of alkyl halides is 3. The van der Waals surface area contributed by atoms with Crippen molar-refractivity contribution in [1.82, 2.24) is 15.1 Å². The van der Waals surface area contributed by atoms with E-state index in [2.05, 4.69) is 15.7 Å². The Hall–Kier alpha value is -3.60. The average Bonchev–Trinajstić information content (AvgIpc) is 3.17. The second-order valence-corrected chi connectivity index (χ2v) is 6.40. The van der Waals surface area contributed by atoms with Gasteiger partial charge in [0.25, 0.3) is 0 Å². The van der Waals surface area contributed by atoms with Gasteiger partial charge >= 0.3 is 12.2 Å². The van der Waals surface area contributed by atoms with Gasteiger partial charge in [-0.15, -0.1) is 0 Å². The Balaban J connectivity index is 1.77. The highest BCUT2D eigenvalue weighted by atomic mass is 19.4. The number of nitrogens with zero attached hydrogens (tertiary/aromatic N) is 2. The van der Waals surface area contributed by atoms with Crippen molar-refractivity contribution >= 4 is 11.7 Å². The topological polar surface area (TPSA) is 88.4 Å². The summed E-state index contributed by atoms with van der Waals surface area (Å²) in [6.07, 6.45) is -4.67. The number of ether oxygens (including phenoxy) is 1. The predicted molar refractivity (Wildman–Crippen MR) is 103 cm³/mol.